The predicted molar refractivity (Wildman–Crippen MR) is 279 cm³/mol. The van der Waals surface area contributed by atoms with E-state index < -0.39 is 6.10 Å². The summed E-state index contributed by atoms with van der Waals surface area (Å²) in [6.07, 6.45) is 65.4. The molecule has 0 radical (unpaired) electrons. The van der Waals surface area contributed by atoms with Crippen molar-refractivity contribution in [1.29, 1.82) is 0 Å². The van der Waals surface area contributed by atoms with E-state index >= 15 is 0 Å². The lowest BCUT2D eigenvalue weighted by molar-refractivity contribution is -0.167. The molecule has 0 heterocycles. The molecule has 65 heavy (non-hydrogen) atoms. The predicted octanol–water partition coefficient (Wildman–Crippen LogP) is 18.7. The van der Waals surface area contributed by atoms with E-state index in [1.54, 1.807) is 0 Å². The Balaban J connectivity index is 4.35. The van der Waals surface area contributed by atoms with Gasteiger partial charge in [0, 0.05) is 19.3 Å². The summed E-state index contributed by atoms with van der Waals surface area (Å²) in [7, 11) is 0. The Labute approximate surface area is 403 Å². The van der Waals surface area contributed by atoms with Gasteiger partial charge in [-0.15, -0.1) is 0 Å². The minimum Gasteiger partial charge on any atom is -0.462 e. The van der Waals surface area contributed by atoms with E-state index in [1.807, 2.05) is 0 Å². The van der Waals surface area contributed by atoms with Crippen molar-refractivity contribution in [3.63, 3.8) is 0 Å². The Morgan fingerprint density at radius 1 is 0.308 bits per heavy atom. The molecule has 1 atom stereocenters. The Hall–Kier alpha value is -2.63. The van der Waals surface area contributed by atoms with Gasteiger partial charge in [0.2, 0.25) is 0 Å². The highest BCUT2D eigenvalue weighted by atomic mass is 16.6. The highest BCUT2D eigenvalue weighted by Gasteiger charge is 2.19. The number of ether oxygens (including phenoxy) is 3. The van der Waals surface area contributed by atoms with Crippen molar-refractivity contribution in [3.05, 3.63) is 48.6 Å². The molecule has 0 amide bonds. The topological polar surface area (TPSA) is 78.9 Å². The fraction of sp³-hybridized carbons (Fsp3) is 0.814. The van der Waals surface area contributed by atoms with E-state index in [1.165, 1.54) is 180 Å². The largest absolute Gasteiger partial charge is 0.462 e. The number of carbonyl (C=O) groups is 3. The number of carbonyl (C=O) groups excluding carboxylic acids is 3. The maximum atomic E-state index is 12.8. The first-order valence-electron chi connectivity index (χ1n) is 28.1. The summed E-state index contributed by atoms with van der Waals surface area (Å²) in [5.41, 5.74) is 0. The third kappa shape index (κ3) is 52.2. The zero-order valence-electron chi connectivity index (χ0n) is 43.3. The van der Waals surface area contributed by atoms with Gasteiger partial charge >= 0.3 is 17.9 Å². The Kier molecular flexibility index (Phi) is 51.8. The molecule has 0 saturated carbocycles. The van der Waals surface area contributed by atoms with E-state index in [-0.39, 0.29) is 37.5 Å². The van der Waals surface area contributed by atoms with Crippen LogP contribution >= 0.6 is 0 Å². The van der Waals surface area contributed by atoms with Gasteiger partial charge in [-0.25, -0.2) is 0 Å². The molecule has 0 rings (SSSR count). The van der Waals surface area contributed by atoms with Gasteiger partial charge in [-0.3, -0.25) is 14.4 Å². The van der Waals surface area contributed by atoms with Crippen LogP contribution in [0.5, 0.6) is 0 Å². The molecule has 0 saturated heterocycles. The maximum absolute atomic E-state index is 12.8. The SMILES string of the molecule is CCCCC/C=C\C/C=C\C/C=C\C/C=C\CCCC(=O)OC[C@H](COC(=O)CCCCCCCCCCCCCCCCCCCCC)OC(=O)CCCCCCCCCCCCC. The molecule has 0 aliphatic rings. The number of unbranched alkanes of at least 4 members (excludes halogenated alkanes) is 32. The third-order valence-corrected chi connectivity index (χ3v) is 12.3. The summed E-state index contributed by atoms with van der Waals surface area (Å²) in [5, 5.41) is 0. The van der Waals surface area contributed by atoms with Gasteiger partial charge in [-0.05, 0) is 57.8 Å². The zero-order valence-corrected chi connectivity index (χ0v) is 43.3. The van der Waals surface area contributed by atoms with E-state index in [9.17, 15) is 14.4 Å². The monoisotopic (exact) mass is 911 g/mol. The average molecular weight is 911 g/mol. The van der Waals surface area contributed by atoms with Gasteiger partial charge in [0.25, 0.3) is 0 Å². The summed E-state index contributed by atoms with van der Waals surface area (Å²) in [5.74, 6) is -0.932. The molecular formula is C59H106O6. The molecule has 0 unspecified atom stereocenters. The first kappa shape index (κ1) is 62.4. The fourth-order valence-corrected chi connectivity index (χ4v) is 8.08. The third-order valence-electron chi connectivity index (χ3n) is 12.3. The molecule has 0 aromatic carbocycles. The highest BCUT2D eigenvalue weighted by Crippen LogP contribution is 2.16. The number of hydrogen-bond donors (Lipinski definition) is 0. The molecule has 0 N–H and O–H groups in total. The standard InChI is InChI=1S/C59H106O6/c1-4-7-10-13-16-19-22-24-26-28-29-31-33-35-38-40-43-46-49-52-58(61)64-55-56(65-59(62)53-50-47-44-41-36-21-18-15-12-9-6-3)54-63-57(60)51-48-45-42-39-37-34-32-30-27-25-23-20-17-14-11-8-5-2/h17,20,25,27,32,34,39,42,56H,4-16,18-19,21-24,26,28-31,33,35-38,40-41,43-55H2,1-3H3/b20-17-,27-25-,34-32-,42-39-/t56-/m1/s1. The molecule has 0 fully saturated rings. The van der Waals surface area contributed by atoms with E-state index in [0.29, 0.717) is 19.3 Å². The lowest BCUT2D eigenvalue weighted by Gasteiger charge is -2.18. The van der Waals surface area contributed by atoms with Crippen molar-refractivity contribution in [2.24, 2.45) is 0 Å². The maximum Gasteiger partial charge on any atom is 0.306 e. The second-order valence-electron chi connectivity index (χ2n) is 18.9. The molecule has 378 valence electrons. The molecule has 0 aliphatic carbocycles. The quantitative estimate of drug-likeness (QED) is 0.0262. The van der Waals surface area contributed by atoms with Gasteiger partial charge in [0.15, 0.2) is 6.10 Å². The molecule has 0 bridgehead atoms. The van der Waals surface area contributed by atoms with E-state index in [4.69, 9.17) is 14.2 Å². The molecule has 0 aromatic heterocycles. The zero-order chi connectivity index (χ0) is 47.2. The normalized spacial score (nSPS) is 12.4. The lowest BCUT2D eigenvalue weighted by atomic mass is 10.0. The molecule has 0 aliphatic heterocycles. The Bertz CT molecular complexity index is 1140. The minimum atomic E-state index is -0.790. The first-order valence-corrected chi connectivity index (χ1v) is 28.1. The summed E-state index contributed by atoms with van der Waals surface area (Å²) >= 11 is 0. The second-order valence-corrected chi connectivity index (χ2v) is 18.9. The van der Waals surface area contributed by atoms with Crippen molar-refractivity contribution in [2.45, 2.75) is 297 Å². The van der Waals surface area contributed by atoms with Gasteiger partial charge in [-0.2, -0.15) is 0 Å². The summed E-state index contributed by atoms with van der Waals surface area (Å²) in [6, 6.07) is 0. The number of hydrogen-bond acceptors (Lipinski definition) is 6. The molecule has 0 spiro atoms. The minimum absolute atomic E-state index is 0.0859. The average Bonchev–Trinajstić information content (AvgIpc) is 3.30. The van der Waals surface area contributed by atoms with Crippen LogP contribution in [0.25, 0.3) is 0 Å². The van der Waals surface area contributed by atoms with Gasteiger partial charge in [0.05, 0.1) is 0 Å². The fourth-order valence-electron chi connectivity index (χ4n) is 8.08. The van der Waals surface area contributed by atoms with Crippen LogP contribution in [-0.4, -0.2) is 37.2 Å². The van der Waals surface area contributed by atoms with Crippen molar-refractivity contribution >= 4 is 17.9 Å². The van der Waals surface area contributed by atoms with E-state index in [2.05, 4.69) is 69.4 Å². The second kappa shape index (κ2) is 54.0. The van der Waals surface area contributed by atoms with Crippen molar-refractivity contribution in [1.82, 2.24) is 0 Å². The lowest BCUT2D eigenvalue weighted by Crippen LogP contribution is -2.30. The number of rotatable bonds is 51. The number of allylic oxidation sites excluding steroid dienone is 8. The number of esters is 3. The van der Waals surface area contributed by atoms with Crippen molar-refractivity contribution < 1.29 is 28.6 Å². The van der Waals surface area contributed by atoms with Crippen LogP contribution in [0.1, 0.15) is 290 Å². The van der Waals surface area contributed by atoms with Crippen LogP contribution in [0.2, 0.25) is 0 Å². The van der Waals surface area contributed by atoms with Crippen molar-refractivity contribution in [3.8, 4) is 0 Å². The van der Waals surface area contributed by atoms with E-state index in [0.717, 1.165) is 64.2 Å². The highest BCUT2D eigenvalue weighted by molar-refractivity contribution is 5.71. The molecule has 6 nitrogen and oxygen atoms in total. The Morgan fingerprint density at radius 2 is 0.569 bits per heavy atom. The van der Waals surface area contributed by atoms with Gasteiger partial charge < -0.3 is 14.2 Å². The van der Waals surface area contributed by atoms with Crippen LogP contribution in [0, 0.1) is 0 Å². The summed E-state index contributed by atoms with van der Waals surface area (Å²) in [6.45, 7) is 6.59. The van der Waals surface area contributed by atoms with Crippen LogP contribution in [0.15, 0.2) is 48.6 Å². The van der Waals surface area contributed by atoms with Crippen LogP contribution in [0.4, 0.5) is 0 Å². The van der Waals surface area contributed by atoms with Crippen LogP contribution < -0.4 is 0 Å². The molecule has 0 aromatic rings. The molecular weight excluding hydrogens is 805 g/mol. The van der Waals surface area contributed by atoms with Crippen LogP contribution in [0.3, 0.4) is 0 Å². The molecule has 6 heteroatoms. The van der Waals surface area contributed by atoms with Crippen LogP contribution in [-0.2, 0) is 28.6 Å². The van der Waals surface area contributed by atoms with Gasteiger partial charge in [-0.1, -0.05) is 262 Å². The smallest absolute Gasteiger partial charge is 0.306 e. The Morgan fingerprint density at radius 3 is 0.923 bits per heavy atom. The summed E-state index contributed by atoms with van der Waals surface area (Å²) < 4.78 is 16.8. The summed E-state index contributed by atoms with van der Waals surface area (Å²) in [4.78, 5) is 38.0. The van der Waals surface area contributed by atoms with Crippen molar-refractivity contribution in [2.75, 3.05) is 13.2 Å². The van der Waals surface area contributed by atoms with Gasteiger partial charge in [0.1, 0.15) is 13.2 Å². The first-order chi connectivity index (χ1) is 32.0.